The van der Waals surface area contributed by atoms with Crippen LogP contribution < -0.4 is 0 Å². The molecule has 0 aliphatic rings. The highest BCUT2D eigenvalue weighted by molar-refractivity contribution is 9.09. The van der Waals surface area contributed by atoms with E-state index in [1.807, 2.05) is 20.5 Å². The van der Waals surface area contributed by atoms with Crippen LogP contribution in [0.15, 0.2) is 48.5 Å². The molecule has 0 N–H and O–H groups in total. The molecule has 0 aliphatic heterocycles. The number of rotatable bonds is 0. The van der Waals surface area contributed by atoms with Gasteiger partial charge in [0.05, 0.1) is 0 Å². The van der Waals surface area contributed by atoms with Gasteiger partial charge in [-0.05, 0) is 76.5 Å². The van der Waals surface area contributed by atoms with E-state index in [4.69, 9.17) is 0 Å². The normalized spacial score (nSPS) is 21.2. The van der Waals surface area contributed by atoms with Gasteiger partial charge in [-0.1, -0.05) is 24.3 Å². The van der Waals surface area contributed by atoms with Crippen molar-refractivity contribution in [3.63, 3.8) is 0 Å². The van der Waals surface area contributed by atoms with E-state index in [9.17, 15) is 0 Å². The Labute approximate surface area is 121 Å². The zero-order valence-corrected chi connectivity index (χ0v) is 17.4. The minimum atomic E-state index is 0.436. The summed E-state index contributed by atoms with van der Waals surface area (Å²) in [5.41, 5.74) is 0. The molecule has 0 unspecified atom stereocenters. The van der Waals surface area contributed by atoms with Crippen LogP contribution in [-0.4, -0.2) is 0 Å². The Morgan fingerprint density at radius 2 is 0.650 bits per heavy atom. The first-order chi connectivity index (χ1) is 9.97. The fourth-order valence-corrected chi connectivity index (χ4v) is 229. The average Bonchev–Trinajstić information content (AvgIpc) is 3.28. The van der Waals surface area contributed by atoms with Crippen LogP contribution in [0.1, 0.15) is 0 Å². The SMILES string of the molecule is c1ccc2c(c1)p1p3p2p2p4c5ccccc5p(p43)p12. The Morgan fingerprint density at radius 3 is 0.900 bits per heavy atom. The lowest BCUT2D eigenvalue weighted by molar-refractivity contribution is 1.88. The third-order valence-electron chi connectivity index (χ3n) is 4.30. The van der Waals surface area contributed by atoms with Crippen molar-refractivity contribution in [1.82, 2.24) is 0 Å². The van der Waals surface area contributed by atoms with E-state index in [2.05, 4.69) is 48.5 Å². The molecular weight excluding hydrogens is 392 g/mol. The topological polar surface area (TPSA) is 0 Å². The molecule has 6 aromatic heterocycles. The van der Waals surface area contributed by atoms with Crippen molar-refractivity contribution in [3.8, 4) is 0 Å². The smallest absolute Gasteiger partial charge is 0.0191 e. The Kier molecular flexibility index (Phi) is 1.99. The van der Waals surface area contributed by atoms with Gasteiger partial charge in [0.15, 0.2) is 0 Å². The molecule has 8 aromatic rings. The molecule has 8 bridgehead atoms. The molecule has 0 aliphatic carbocycles. The van der Waals surface area contributed by atoms with Crippen molar-refractivity contribution in [3.05, 3.63) is 48.5 Å². The van der Waals surface area contributed by atoms with Crippen LogP contribution in [0.4, 0.5) is 0 Å². The standard InChI is InChI=1S/C12H8P8/c1-2-6-10-9(5-1)13-17-14(10)20-16-12-8-4-3-7-11(12)15(18(16)17)19(13)20/h1-8H. The lowest BCUT2D eigenvalue weighted by atomic mass is 10.4. The molecule has 0 nitrogen and oxygen atoms in total. The van der Waals surface area contributed by atoms with Crippen molar-refractivity contribution < 1.29 is 0 Å². The second-order valence-corrected chi connectivity index (χ2v) is 50.7. The number of hydrogen-bond acceptors (Lipinski definition) is 0. The quantitative estimate of drug-likeness (QED) is 0.222. The summed E-state index contributed by atoms with van der Waals surface area (Å²) in [4.78, 5) is 0. The summed E-state index contributed by atoms with van der Waals surface area (Å²) in [5, 5.41) is 7.76. The van der Waals surface area contributed by atoms with Crippen molar-refractivity contribution in [1.29, 1.82) is 0 Å². The third kappa shape index (κ3) is 0.965. The molecular formula is C12H8P8. The van der Waals surface area contributed by atoms with Crippen LogP contribution in [0.2, 0.25) is 0 Å². The predicted molar refractivity (Wildman–Crippen MR) is 108 cm³/mol. The van der Waals surface area contributed by atoms with E-state index in [0.29, 0.717) is 52.3 Å². The lowest BCUT2D eigenvalue weighted by Crippen LogP contribution is -1.58. The second kappa shape index (κ2) is 3.50. The summed E-state index contributed by atoms with van der Waals surface area (Å²) in [6, 6.07) is 19.5. The first-order valence-electron chi connectivity index (χ1n) is 6.55. The molecule has 6 heterocycles. The Bertz CT molecular complexity index is 1130. The van der Waals surface area contributed by atoms with Gasteiger partial charge in [0.25, 0.3) is 0 Å². The van der Waals surface area contributed by atoms with Gasteiger partial charge in [0.2, 0.25) is 0 Å². The highest BCUT2D eigenvalue weighted by Crippen LogP contribution is 3.12. The summed E-state index contributed by atoms with van der Waals surface area (Å²) in [7, 11) is 0. The van der Waals surface area contributed by atoms with Crippen LogP contribution in [-0.2, 0) is 0 Å². The largest absolute Gasteiger partial charge is 0.0612 e. The molecule has 2 aromatic carbocycles. The van der Waals surface area contributed by atoms with E-state index < -0.39 is 0 Å². The lowest BCUT2D eigenvalue weighted by Gasteiger charge is -2.02. The summed E-state index contributed by atoms with van der Waals surface area (Å²) in [6.07, 6.45) is 2.21. The van der Waals surface area contributed by atoms with Crippen LogP contribution in [0.5, 0.6) is 0 Å². The molecule has 0 amide bonds. The summed E-state index contributed by atoms with van der Waals surface area (Å²) in [5.74, 6) is 0. The second-order valence-electron chi connectivity index (χ2n) is 5.21. The predicted octanol–water partition coefficient (Wildman–Crippen LogP) is 10.3. The van der Waals surface area contributed by atoms with Gasteiger partial charge < -0.3 is 0 Å². The van der Waals surface area contributed by atoms with E-state index in [0.717, 1.165) is 0 Å². The summed E-state index contributed by atoms with van der Waals surface area (Å²) >= 11 is 0. The first-order valence-corrected chi connectivity index (χ1v) is 24.3. The fraction of sp³-hybridized carbons (Fsp3) is 0. The molecule has 20 heavy (non-hydrogen) atoms. The van der Waals surface area contributed by atoms with Gasteiger partial charge in [0.1, 0.15) is 0 Å². The number of benzene rings is 2. The van der Waals surface area contributed by atoms with E-state index in [1.165, 1.54) is 0 Å². The fourth-order valence-electron chi connectivity index (χ4n) is 3.59. The van der Waals surface area contributed by atoms with Gasteiger partial charge in [-0.2, -0.15) is 0 Å². The molecule has 8 heteroatoms. The summed E-state index contributed by atoms with van der Waals surface area (Å²) < 4.78 is 0. The van der Waals surface area contributed by atoms with Crippen LogP contribution in [0.25, 0.3) is 20.5 Å². The van der Waals surface area contributed by atoms with Gasteiger partial charge in [-0.15, -0.1) is 0 Å². The van der Waals surface area contributed by atoms with E-state index in [1.54, 1.807) is 0 Å². The zero-order chi connectivity index (χ0) is 12.6. The molecule has 0 radical (unpaired) electrons. The maximum absolute atomic E-state index is 2.55. The van der Waals surface area contributed by atoms with E-state index in [-0.39, 0.29) is 0 Å². The number of hydrogen-bond donors (Lipinski definition) is 0. The van der Waals surface area contributed by atoms with Crippen LogP contribution >= 0.6 is 52.3 Å². The van der Waals surface area contributed by atoms with E-state index >= 15 is 0 Å². The average molecular weight is 400 g/mol. The maximum Gasteiger partial charge on any atom is 0.0191 e. The van der Waals surface area contributed by atoms with Crippen molar-refractivity contribution in [2.45, 2.75) is 0 Å². The van der Waals surface area contributed by atoms with Crippen LogP contribution in [0, 0.1) is 0 Å². The molecule has 8 rings (SSSR count). The van der Waals surface area contributed by atoms with Gasteiger partial charge >= 0.3 is 0 Å². The Morgan fingerprint density at radius 1 is 0.400 bits per heavy atom. The number of fused-ring (bicyclic) bond motifs is 2. The molecule has 0 fully saturated rings. The highest BCUT2D eigenvalue weighted by Gasteiger charge is 2.33. The monoisotopic (exact) mass is 400 g/mol. The molecule has 0 saturated carbocycles. The summed E-state index contributed by atoms with van der Waals surface area (Å²) in [6.45, 7) is 1.75. The first kappa shape index (κ1) is 11.4. The van der Waals surface area contributed by atoms with Crippen molar-refractivity contribution in [2.75, 3.05) is 0 Å². The van der Waals surface area contributed by atoms with Crippen LogP contribution in [0.3, 0.4) is 0 Å². The minimum Gasteiger partial charge on any atom is -0.0612 e. The maximum atomic E-state index is 2.55. The van der Waals surface area contributed by atoms with Gasteiger partial charge in [-0.3, -0.25) is 0 Å². The van der Waals surface area contributed by atoms with Crippen molar-refractivity contribution >= 4 is 72.7 Å². The van der Waals surface area contributed by atoms with Gasteiger partial charge in [0, 0.05) is 20.5 Å². The Hall–Kier alpha value is 0.840. The Balaban J connectivity index is 2.03. The molecule has 0 saturated heterocycles. The minimum absolute atomic E-state index is 0.436. The molecule has 0 spiro atoms. The zero-order valence-electron chi connectivity index (χ0n) is 10.2. The third-order valence-corrected chi connectivity index (χ3v) is 109. The van der Waals surface area contributed by atoms with Crippen molar-refractivity contribution in [2.24, 2.45) is 0 Å². The molecule has 0 atom stereocenters. The van der Waals surface area contributed by atoms with Gasteiger partial charge in [-0.25, -0.2) is 0 Å². The highest BCUT2D eigenvalue weighted by atomic mass is 33.1. The molecule has 96 valence electrons.